The van der Waals surface area contributed by atoms with E-state index in [0.717, 1.165) is 30.5 Å². The fourth-order valence-electron chi connectivity index (χ4n) is 2.45. The number of amides is 1. The molecule has 1 aliphatic heterocycles. The normalized spacial score (nSPS) is 15.1. The molecule has 0 atom stereocenters. The Morgan fingerprint density at radius 2 is 2.00 bits per heavy atom. The van der Waals surface area contributed by atoms with Crippen molar-refractivity contribution in [1.29, 1.82) is 0 Å². The Morgan fingerprint density at radius 1 is 1.26 bits per heavy atom. The van der Waals surface area contributed by atoms with Crippen molar-refractivity contribution in [2.24, 2.45) is 0 Å². The maximum absolute atomic E-state index is 12.6. The fraction of sp³-hybridized carbons (Fsp3) is 0.400. The smallest absolute Gasteiger partial charge is 0.255 e. The van der Waals surface area contributed by atoms with Crippen LogP contribution in [-0.4, -0.2) is 46.3 Å². The third-order valence-corrected chi connectivity index (χ3v) is 5.14. The molecule has 2 aromatic rings. The van der Waals surface area contributed by atoms with Crippen LogP contribution in [0.3, 0.4) is 0 Å². The van der Waals surface area contributed by atoms with Crippen LogP contribution in [-0.2, 0) is 6.42 Å². The number of hydrogen-bond acceptors (Lipinski definition) is 5. The lowest BCUT2D eigenvalue weighted by molar-refractivity contribution is 0.0747. The van der Waals surface area contributed by atoms with Crippen LogP contribution in [0.5, 0.6) is 0 Å². The number of carbonyl (C=O) groups is 1. The van der Waals surface area contributed by atoms with Gasteiger partial charge in [-0.25, -0.2) is 4.98 Å². The van der Waals surface area contributed by atoms with Gasteiger partial charge in [-0.2, -0.15) is 4.37 Å². The molecule has 0 saturated carbocycles. The Balaban J connectivity index is 1.65. The number of benzene rings is 1. The second-order valence-corrected chi connectivity index (χ2v) is 6.82. The monoisotopic (exact) mass is 370 g/mol. The summed E-state index contributed by atoms with van der Waals surface area (Å²) in [5, 5.41) is 1.85. The van der Waals surface area contributed by atoms with Crippen molar-refractivity contribution in [2.45, 2.75) is 13.3 Å². The highest BCUT2D eigenvalue weighted by atomic mass is 35.5. The molecule has 23 heavy (non-hydrogen) atoms. The summed E-state index contributed by atoms with van der Waals surface area (Å²) in [6.45, 7) is 4.81. The number of rotatable bonds is 3. The van der Waals surface area contributed by atoms with Crippen molar-refractivity contribution in [2.75, 3.05) is 31.1 Å². The Bertz CT molecular complexity index is 713. The highest BCUT2D eigenvalue weighted by Crippen LogP contribution is 2.24. The third kappa shape index (κ3) is 3.59. The van der Waals surface area contributed by atoms with Crippen molar-refractivity contribution < 1.29 is 4.79 Å². The highest BCUT2D eigenvalue weighted by Gasteiger charge is 2.25. The second kappa shape index (κ2) is 7.03. The molecule has 3 rings (SSSR count). The summed E-state index contributed by atoms with van der Waals surface area (Å²) in [6.07, 6.45) is 0.837. The number of aryl methyl sites for hydroxylation is 1. The summed E-state index contributed by atoms with van der Waals surface area (Å²) < 4.78 is 4.31. The molecule has 1 aromatic heterocycles. The number of halogens is 2. The van der Waals surface area contributed by atoms with E-state index in [-0.39, 0.29) is 5.91 Å². The van der Waals surface area contributed by atoms with Gasteiger partial charge in [-0.3, -0.25) is 4.79 Å². The molecule has 0 unspecified atom stereocenters. The van der Waals surface area contributed by atoms with Gasteiger partial charge in [0.05, 0.1) is 10.6 Å². The number of aromatic nitrogens is 2. The van der Waals surface area contributed by atoms with Gasteiger partial charge in [0.1, 0.15) is 5.82 Å². The van der Waals surface area contributed by atoms with Gasteiger partial charge in [0, 0.05) is 49.2 Å². The Hall–Kier alpha value is -1.37. The summed E-state index contributed by atoms with van der Waals surface area (Å²) in [6, 6.07) is 4.96. The summed E-state index contributed by atoms with van der Waals surface area (Å²) in [5.41, 5.74) is 0.494. The lowest BCUT2D eigenvalue weighted by Crippen LogP contribution is -2.48. The van der Waals surface area contributed by atoms with Crippen LogP contribution in [0.25, 0.3) is 0 Å². The molecule has 122 valence electrons. The first-order chi connectivity index (χ1) is 11.1. The van der Waals surface area contributed by atoms with Crippen LogP contribution in [0, 0.1) is 0 Å². The number of piperazine rings is 1. The van der Waals surface area contributed by atoms with Crippen LogP contribution in [0.15, 0.2) is 18.2 Å². The summed E-state index contributed by atoms with van der Waals surface area (Å²) in [5.74, 6) is 0.814. The first-order valence-electron chi connectivity index (χ1n) is 7.40. The molecule has 8 heteroatoms. The van der Waals surface area contributed by atoms with E-state index in [1.807, 2.05) is 11.8 Å². The van der Waals surface area contributed by atoms with E-state index in [1.165, 1.54) is 11.5 Å². The SMILES string of the molecule is CCc1nsc(N2CCN(C(=O)c3ccc(Cl)cc3Cl)CC2)n1. The highest BCUT2D eigenvalue weighted by molar-refractivity contribution is 7.09. The van der Waals surface area contributed by atoms with Gasteiger partial charge in [0.25, 0.3) is 5.91 Å². The number of nitrogens with zero attached hydrogens (tertiary/aromatic N) is 4. The number of hydrogen-bond donors (Lipinski definition) is 0. The van der Waals surface area contributed by atoms with Crippen LogP contribution in [0.4, 0.5) is 5.13 Å². The first-order valence-corrected chi connectivity index (χ1v) is 8.93. The van der Waals surface area contributed by atoms with Gasteiger partial charge < -0.3 is 9.80 Å². The van der Waals surface area contributed by atoms with E-state index >= 15 is 0 Å². The minimum Gasteiger partial charge on any atom is -0.343 e. The summed E-state index contributed by atoms with van der Waals surface area (Å²) in [4.78, 5) is 21.1. The third-order valence-electron chi connectivity index (χ3n) is 3.77. The van der Waals surface area contributed by atoms with Crippen molar-refractivity contribution in [3.8, 4) is 0 Å². The zero-order valence-corrected chi connectivity index (χ0v) is 15.0. The van der Waals surface area contributed by atoms with Crippen molar-refractivity contribution >= 4 is 45.8 Å². The molecule has 1 fully saturated rings. The summed E-state index contributed by atoms with van der Waals surface area (Å²) >= 11 is 13.4. The van der Waals surface area contributed by atoms with Crippen molar-refractivity contribution in [3.05, 3.63) is 39.6 Å². The molecule has 5 nitrogen and oxygen atoms in total. The average molecular weight is 371 g/mol. The molecule has 1 aromatic carbocycles. The molecule has 1 aliphatic rings. The van der Waals surface area contributed by atoms with Gasteiger partial charge in [-0.15, -0.1) is 0 Å². The van der Waals surface area contributed by atoms with E-state index in [4.69, 9.17) is 23.2 Å². The topological polar surface area (TPSA) is 49.3 Å². The minimum absolute atomic E-state index is 0.0576. The Labute approximate surface area is 149 Å². The quantitative estimate of drug-likeness (QED) is 0.830. The zero-order valence-electron chi connectivity index (χ0n) is 12.6. The Morgan fingerprint density at radius 3 is 2.61 bits per heavy atom. The maximum atomic E-state index is 12.6. The standard InChI is InChI=1S/C15H16Cl2N4OS/c1-2-13-18-15(23-19-13)21-7-5-20(6-8-21)14(22)11-4-3-10(16)9-12(11)17/h3-4,9H,2,5-8H2,1H3. The predicted molar refractivity (Wildman–Crippen MR) is 93.9 cm³/mol. The predicted octanol–water partition coefficient (Wildman–Crippen LogP) is 3.37. The van der Waals surface area contributed by atoms with E-state index in [2.05, 4.69) is 14.3 Å². The minimum atomic E-state index is -0.0576. The molecule has 0 spiro atoms. The van der Waals surface area contributed by atoms with E-state index in [0.29, 0.717) is 28.7 Å². The largest absolute Gasteiger partial charge is 0.343 e. The van der Waals surface area contributed by atoms with Crippen molar-refractivity contribution in [1.82, 2.24) is 14.3 Å². The van der Waals surface area contributed by atoms with Gasteiger partial charge in [0.2, 0.25) is 5.13 Å². The van der Waals surface area contributed by atoms with Gasteiger partial charge in [-0.1, -0.05) is 30.1 Å². The molecular formula is C15H16Cl2N4OS. The molecule has 1 saturated heterocycles. The molecule has 0 radical (unpaired) electrons. The summed E-state index contributed by atoms with van der Waals surface area (Å²) in [7, 11) is 0. The lowest BCUT2D eigenvalue weighted by atomic mass is 10.2. The van der Waals surface area contributed by atoms with Crippen molar-refractivity contribution in [3.63, 3.8) is 0 Å². The molecule has 0 bridgehead atoms. The average Bonchev–Trinajstić information content (AvgIpc) is 3.03. The van der Waals surface area contributed by atoms with Crippen LogP contribution < -0.4 is 4.90 Å². The fourth-order valence-corrected chi connectivity index (χ4v) is 3.74. The first kappa shape index (κ1) is 16.5. The van der Waals surface area contributed by atoms with Crippen LogP contribution >= 0.6 is 34.7 Å². The molecule has 0 aliphatic carbocycles. The van der Waals surface area contributed by atoms with Gasteiger partial charge in [0.15, 0.2) is 0 Å². The maximum Gasteiger partial charge on any atom is 0.255 e. The van der Waals surface area contributed by atoms with Gasteiger partial charge >= 0.3 is 0 Å². The molecule has 0 N–H and O–H groups in total. The van der Waals surface area contributed by atoms with Crippen LogP contribution in [0.1, 0.15) is 23.1 Å². The Kier molecular flexibility index (Phi) is 5.04. The molecule has 1 amide bonds. The number of anilines is 1. The number of carbonyl (C=O) groups excluding carboxylic acids is 1. The molecular weight excluding hydrogens is 355 g/mol. The zero-order chi connectivity index (χ0) is 16.4. The lowest BCUT2D eigenvalue weighted by Gasteiger charge is -2.34. The molecule has 2 heterocycles. The van der Waals surface area contributed by atoms with E-state index < -0.39 is 0 Å². The van der Waals surface area contributed by atoms with E-state index in [9.17, 15) is 4.79 Å². The van der Waals surface area contributed by atoms with Crippen LogP contribution in [0.2, 0.25) is 10.0 Å². The van der Waals surface area contributed by atoms with Gasteiger partial charge in [-0.05, 0) is 18.2 Å². The van der Waals surface area contributed by atoms with E-state index in [1.54, 1.807) is 18.2 Å². The second-order valence-electron chi connectivity index (χ2n) is 5.25.